The third-order valence-corrected chi connectivity index (χ3v) is 3.36. The SMILES string of the molecule is [C-]#[N+][C@H]1CCN(Cc2ccccc2)C[C@H]1C. The van der Waals surface area contributed by atoms with Crippen LogP contribution in [0.5, 0.6) is 0 Å². The average molecular weight is 214 g/mol. The molecule has 0 aromatic heterocycles. The normalized spacial score (nSPS) is 26.2. The van der Waals surface area contributed by atoms with E-state index in [9.17, 15) is 0 Å². The van der Waals surface area contributed by atoms with Gasteiger partial charge in [-0.15, -0.1) is 0 Å². The van der Waals surface area contributed by atoms with Crippen molar-refractivity contribution >= 4 is 0 Å². The Hall–Kier alpha value is -1.33. The number of piperidine rings is 1. The van der Waals surface area contributed by atoms with Gasteiger partial charge in [0.2, 0.25) is 6.04 Å². The fourth-order valence-corrected chi connectivity index (χ4v) is 2.40. The molecule has 0 bridgehead atoms. The van der Waals surface area contributed by atoms with E-state index in [2.05, 4.69) is 47.0 Å². The van der Waals surface area contributed by atoms with Gasteiger partial charge in [-0.1, -0.05) is 37.3 Å². The van der Waals surface area contributed by atoms with Crippen molar-refractivity contribution in [3.05, 3.63) is 47.3 Å². The van der Waals surface area contributed by atoms with Crippen LogP contribution >= 0.6 is 0 Å². The van der Waals surface area contributed by atoms with Crippen LogP contribution in [0.2, 0.25) is 0 Å². The lowest BCUT2D eigenvalue weighted by molar-refractivity contribution is 0.170. The molecule has 0 radical (unpaired) electrons. The molecule has 1 aromatic rings. The zero-order valence-corrected chi connectivity index (χ0v) is 9.76. The Balaban J connectivity index is 1.92. The molecule has 2 nitrogen and oxygen atoms in total. The lowest BCUT2D eigenvalue weighted by atomic mass is 9.94. The average Bonchev–Trinajstić information content (AvgIpc) is 2.31. The number of hydrogen-bond acceptors (Lipinski definition) is 1. The van der Waals surface area contributed by atoms with Crippen molar-refractivity contribution in [2.45, 2.75) is 25.9 Å². The molecule has 84 valence electrons. The van der Waals surface area contributed by atoms with Crippen LogP contribution in [0, 0.1) is 12.5 Å². The Morgan fingerprint density at radius 3 is 2.75 bits per heavy atom. The highest BCUT2D eigenvalue weighted by Crippen LogP contribution is 2.21. The first-order valence-electron chi connectivity index (χ1n) is 5.92. The van der Waals surface area contributed by atoms with Gasteiger partial charge in [0.15, 0.2) is 0 Å². The second-order valence-corrected chi connectivity index (χ2v) is 4.68. The number of hydrogen-bond donors (Lipinski definition) is 0. The van der Waals surface area contributed by atoms with Crippen LogP contribution < -0.4 is 0 Å². The van der Waals surface area contributed by atoms with E-state index in [4.69, 9.17) is 6.57 Å². The summed E-state index contributed by atoms with van der Waals surface area (Å²) in [4.78, 5) is 6.15. The minimum atomic E-state index is 0.243. The van der Waals surface area contributed by atoms with Gasteiger partial charge in [-0.2, -0.15) is 0 Å². The standard InChI is InChI=1S/C14H18N2/c1-12-10-16(9-8-14(12)15-2)11-13-6-4-3-5-7-13/h3-7,12,14H,8-11H2,1H3/t12-,14+/m1/s1. The summed E-state index contributed by atoms with van der Waals surface area (Å²) in [5.74, 6) is 0.509. The van der Waals surface area contributed by atoms with Crippen molar-refractivity contribution in [1.82, 2.24) is 4.90 Å². The molecule has 1 saturated heterocycles. The maximum Gasteiger partial charge on any atom is 0.228 e. The van der Waals surface area contributed by atoms with Gasteiger partial charge in [-0.3, -0.25) is 4.90 Å². The zero-order valence-electron chi connectivity index (χ0n) is 9.76. The van der Waals surface area contributed by atoms with Gasteiger partial charge in [-0.25, -0.2) is 6.57 Å². The highest BCUT2D eigenvalue weighted by atomic mass is 15.1. The number of nitrogens with zero attached hydrogens (tertiary/aromatic N) is 2. The van der Waals surface area contributed by atoms with Crippen molar-refractivity contribution in [2.24, 2.45) is 5.92 Å². The second-order valence-electron chi connectivity index (χ2n) is 4.68. The molecule has 0 aliphatic carbocycles. The van der Waals surface area contributed by atoms with Gasteiger partial charge >= 0.3 is 0 Å². The molecule has 1 fully saturated rings. The molecule has 0 amide bonds. The number of benzene rings is 1. The first kappa shape index (κ1) is 11.2. The summed E-state index contributed by atoms with van der Waals surface area (Å²) in [5.41, 5.74) is 1.37. The van der Waals surface area contributed by atoms with Crippen molar-refractivity contribution in [2.75, 3.05) is 13.1 Å². The van der Waals surface area contributed by atoms with Crippen LogP contribution in [0.3, 0.4) is 0 Å². The summed E-state index contributed by atoms with van der Waals surface area (Å²) in [6.45, 7) is 12.5. The highest BCUT2D eigenvalue weighted by Gasteiger charge is 2.29. The fraction of sp³-hybridized carbons (Fsp3) is 0.500. The van der Waals surface area contributed by atoms with Crippen LogP contribution in [-0.4, -0.2) is 24.0 Å². The van der Waals surface area contributed by atoms with Crippen LogP contribution in [0.1, 0.15) is 18.9 Å². The topological polar surface area (TPSA) is 7.60 Å². The van der Waals surface area contributed by atoms with Crippen LogP contribution in [0.4, 0.5) is 0 Å². The van der Waals surface area contributed by atoms with Crippen molar-refractivity contribution < 1.29 is 0 Å². The quantitative estimate of drug-likeness (QED) is 0.687. The second kappa shape index (κ2) is 5.14. The Morgan fingerprint density at radius 1 is 1.38 bits per heavy atom. The van der Waals surface area contributed by atoms with Crippen LogP contribution in [0.15, 0.2) is 30.3 Å². The maximum absolute atomic E-state index is 7.12. The summed E-state index contributed by atoms with van der Waals surface area (Å²) in [6, 6.07) is 10.8. The molecule has 2 rings (SSSR count). The van der Waals surface area contributed by atoms with Crippen molar-refractivity contribution in [1.29, 1.82) is 0 Å². The molecule has 2 atom stereocenters. The minimum Gasteiger partial charge on any atom is -0.313 e. The molecule has 16 heavy (non-hydrogen) atoms. The molecule has 1 aliphatic heterocycles. The summed E-state index contributed by atoms with van der Waals surface area (Å²) in [7, 11) is 0. The van der Waals surface area contributed by atoms with Gasteiger partial charge in [0.05, 0.1) is 0 Å². The van der Waals surface area contributed by atoms with E-state index >= 15 is 0 Å². The van der Waals surface area contributed by atoms with Gasteiger partial charge in [-0.05, 0) is 5.56 Å². The van der Waals surface area contributed by atoms with E-state index < -0.39 is 0 Å². The molecule has 1 heterocycles. The molecule has 2 heteroatoms. The lowest BCUT2D eigenvalue weighted by Crippen LogP contribution is -2.40. The molecule has 1 aromatic carbocycles. The highest BCUT2D eigenvalue weighted by molar-refractivity contribution is 5.14. The zero-order chi connectivity index (χ0) is 11.4. The molecule has 0 spiro atoms. The number of rotatable bonds is 2. The molecule has 0 unspecified atom stereocenters. The largest absolute Gasteiger partial charge is 0.313 e. The van der Waals surface area contributed by atoms with Gasteiger partial charge in [0.25, 0.3) is 0 Å². The van der Waals surface area contributed by atoms with E-state index in [1.165, 1.54) is 5.56 Å². The van der Waals surface area contributed by atoms with Gasteiger partial charge < -0.3 is 4.85 Å². The van der Waals surface area contributed by atoms with E-state index in [1.807, 2.05) is 0 Å². The Kier molecular flexibility index (Phi) is 3.58. The monoisotopic (exact) mass is 214 g/mol. The summed E-state index contributed by atoms with van der Waals surface area (Å²) >= 11 is 0. The Bertz CT molecular complexity index is 366. The predicted octanol–water partition coefficient (Wildman–Crippen LogP) is 2.82. The summed E-state index contributed by atoms with van der Waals surface area (Å²) < 4.78 is 0. The number of likely N-dealkylation sites (tertiary alicyclic amines) is 1. The van der Waals surface area contributed by atoms with Crippen LogP contribution in [0.25, 0.3) is 4.85 Å². The molecule has 0 N–H and O–H groups in total. The summed E-state index contributed by atoms with van der Waals surface area (Å²) in [5, 5.41) is 0. The van der Waals surface area contributed by atoms with Crippen molar-refractivity contribution in [3.8, 4) is 0 Å². The van der Waals surface area contributed by atoms with Gasteiger partial charge in [0.1, 0.15) is 0 Å². The first-order chi connectivity index (χ1) is 7.79. The van der Waals surface area contributed by atoms with E-state index in [0.717, 1.165) is 26.1 Å². The lowest BCUT2D eigenvalue weighted by Gasteiger charge is -2.31. The van der Waals surface area contributed by atoms with E-state index in [0.29, 0.717) is 5.92 Å². The Morgan fingerprint density at radius 2 is 2.12 bits per heavy atom. The third-order valence-electron chi connectivity index (χ3n) is 3.36. The van der Waals surface area contributed by atoms with E-state index in [1.54, 1.807) is 0 Å². The van der Waals surface area contributed by atoms with Gasteiger partial charge in [0, 0.05) is 32.0 Å². The molecule has 1 aliphatic rings. The van der Waals surface area contributed by atoms with E-state index in [-0.39, 0.29) is 6.04 Å². The predicted molar refractivity (Wildman–Crippen MR) is 65.9 cm³/mol. The minimum absolute atomic E-state index is 0.243. The molecular weight excluding hydrogens is 196 g/mol. The van der Waals surface area contributed by atoms with Crippen LogP contribution in [-0.2, 0) is 6.54 Å². The maximum atomic E-state index is 7.12. The summed E-state index contributed by atoms with van der Waals surface area (Å²) in [6.07, 6.45) is 1.03. The fourth-order valence-electron chi connectivity index (χ4n) is 2.40. The smallest absolute Gasteiger partial charge is 0.228 e. The van der Waals surface area contributed by atoms with Crippen molar-refractivity contribution in [3.63, 3.8) is 0 Å². The molecular formula is C14H18N2. The first-order valence-corrected chi connectivity index (χ1v) is 5.92. The third kappa shape index (κ3) is 2.62. The Labute approximate surface area is 97.7 Å². The molecule has 0 saturated carbocycles.